The van der Waals surface area contributed by atoms with E-state index in [1.165, 1.54) is 144 Å². The van der Waals surface area contributed by atoms with Gasteiger partial charge in [-0.3, -0.25) is 0 Å². The van der Waals surface area contributed by atoms with Crippen molar-refractivity contribution in [3.05, 3.63) is 386 Å². The molecule has 0 amide bonds. The lowest BCUT2D eigenvalue weighted by Gasteiger charge is -2.46. The molecule has 121 heavy (non-hydrogen) atoms. The van der Waals surface area contributed by atoms with Crippen molar-refractivity contribution < 1.29 is 0 Å². The number of aryl methyl sites for hydroxylation is 1. The lowest BCUT2D eigenvalue weighted by atomic mass is 9.33. The van der Waals surface area contributed by atoms with Gasteiger partial charge in [0.05, 0.1) is 22.4 Å². The van der Waals surface area contributed by atoms with E-state index in [2.05, 4.69) is 462 Å². The van der Waals surface area contributed by atoms with E-state index in [9.17, 15) is 0 Å². The van der Waals surface area contributed by atoms with E-state index >= 15 is 0 Å². The van der Waals surface area contributed by atoms with Crippen molar-refractivity contribution in [1.82, 2.24) is 4.57 Å². The Morgan fingerprint density at radius 1 is 0.248 bits per heavy atom. The zero-order chi connectivity index (χ0) is 83.2. The molecule has 17 aromatic rings. The molecule has 592 valence electrons. The molecule has 0 spiro atoms. The molecule has 0 N–H and O–H groups in total. The molecule has 0 bridgehead atoms. The smallest absolute Gasteiger partial charge is 0.252 e. The van der Waals surface area contributed by atoms with Gasteiger partial charge in [-0.1, -0.05) is 382 Å². The first-order valence-electron chi connectivity index (χ1n) is 43.7. The molecular weight excluding hydrogens is 1460 g/mol. The zero-order valence-electron chi connectivity index (χ0n) is 72.3. The Labute approximate surface area is 717 Å². The number of rotatable bonds is 16. The van der Waals surface area contributed by atoms with Gasteiger partial charge >= 0.3 is 0 Å². The predicted octanol–water partition coefficient (Wildman–Crippen LogP) is 30.8. The van der Waals surface area contributed by atoms with E-state index in [0.717, 1.165) is 87.5 Å². The standard InChI is InChI=1S/C117H106BN3/c1-14-15-21-32-77-67-109-111-110(68-77)121(113-99(89-55-47-85(48-56-89)80-37-26-18-27-38-80)74-95(117(11,12)13)75-100(113)90-57-49-86(50-58-90)81-39-28-19-29-40-81)108-76-96(119-105-65-60-92(114(2,3)4)70-101(105)102-71-93(115(5,6)7)61-66-106(102)119)62-63-103(108)118(111)104-69-91(82-41-30-20-31-42-82)59-64-107(104)120(109)112-97(87-51-43-83(44-52-87)78-33-22-16-23-34-78)72-94(116(8,9)10)73-98(112)88-53-45-84(46-54-88)79-35-24-17-25-36-79/h16-20,22-31,33-76H,14-15,21,32H2,1-13H3. The molecule has 4 heteroatoms. The molecule has 0 radical (unpaired) electrons. The molecule has 1 aromatic heterocycles. The van der Waals surface area contributed by atoms with Gasteiger partial charge < -0.3 is 14.4 Å². The number of anilines is 6. The molecule has 0 fully saturated rings. The fourth-order valence-electron chi connectivity index (χ4n) is 18.8. The van der Waals surface area contributed by atoms with Gasteiger partial charge in [0.2, 0.25) is 0 Å². The summed E-state index contributed by atoms with van der Waals surface area (Å²) in [5.74, 6) is 0. The van der Waals surface area contributed by atoms with Crippen molar-refractivity contribution in [3.8, 4) is 106 Å². The zero-order valence-corrected chi connectivity index (χ0v) is 72.3. The van der Waals surface area contributed by atoms with Gasteiger partial charge in [0.1, 0.15) is 0 Å². The van der Waals surface area contributed by atoms with Crippen LogP contribution in [0.5, 0.6) is 0 Å². The van der Waals surface area contributed by atoms with Crippen molar-refractivity contribution in [1.29, 1.82) is 0 Å². The van der Waals surface area contributed by atoms with Crippen molar-refractivity contribution in [2.24, 2.45) is 0 Å². The maximum Gasteiger partial charge on any atom is 0.252 e. The molecular formula is C117H106BN3. The second kappa shape index (κ2) is 31.0. The summed E-state index contributed by atoms with van der Waals surface area (Å²) in [6.07, 6.45) is 4.13. The van der Waals surface area contributed by atoms with Crippen LogP contribution in [0.25, 0.3) is 128 Å². The Hall–Kier alpha value is -13.0. The molecule has 3 heterocycles. The highest BCUT2D eigenvalue weighted by molar-refractivity contribution is 7.00. The lowest BCUT2D eigenvalue weighted by Crippen LogP contribution is -2.61. The van der Waals surface area contributed by atoms with Crippen LogP contribution in [0.15, 0.2) is 358 Å². The number of hydrogen-bond donors (Lipinski definition) is 0. The maximum atomic E-state index is 2.80. The third kappa shape index (κ3) is 14.6. The van der Waals surface area contributed by atoms with Crippen LogP contribution in [0.1, 0.15) is 137 Å². The second-order valence-electron chi connectivity index (χ2n) is 37.9. The molecule has 0 unspecified atom stereocenters. The van der Waals surface area contributed by atoms with E-state index in [1.54, 1.807) is 0 Å². The Morgan fingerprint density at radius 2 is 0.570 bits per heavy atom. The minimum atomic E-state index is -0.265. The average Bonchev–Trinajstić information content (AvgIpc) is 1.16. The first-order chi connectivity index (χ1) is 58.5. The van der Waals surface area contributed by atoms with Gasteiger partial charge in [0.15, 0.2) is 0 Å². The van der Waals surface area contributed by atoms with Gasteiger partial charge in [-0.15, -0.1) is 0 Å². The van der Waals surface area contributed by atoms with Crippen molar-refractivity contribution in [3.63, 3.8) is 0 Å². The number of hydrogen-bond acceptors (Lipinski definition) is 2. The molecule has 16 aromatic carbocycles. The fourth-order valence-corrected chi connectivity index (χ4v) is 18.8. The molecule has 0 atom stereocenters. The minimum Gasteiger partial charge on any atom is -0.310 e. The van der Waals surface area contributed by atoms with Crippen LogP contribution in [0.2, 0.25) is 0 Å². The summed E-state index contributed by atoms with van der Waals surface area (Å²) in [7, 11) is 0. The lowest BCUT2D eigenvalue weighted by molar-refractivity contribution is 0.590. The molecule has 0 saturated carbocycles. The van der Waals surface area contributed by atoms with Gasteiger partial charge in [-0.25, -0.2) is 0 Å². The van der Waals surface area contributed by atoms with E-state index in [4.69, 9.17) is 0 Å². The molecule has 2 aliphatic heterocycles. The average molecular weight is 1560 g/mol. The third-order valence-corrected chi connectivity index (χ3v) is 25.7. The minimum absolute atomic E-state index is 0.0760. The van der Waals surface area contributed by atoms with Crippen LogP contribution in [-0.4, -0.2) is 11.3 Å². The van der Waals surface area contributed by atoms with Crippen LogP contribution < -0.4 is 26.2 Å². The summed E-state index contributed by atoms with van der Waals surface area (Å²) < 4.78 is 2.59. The fraction of sp³-hybridized carbons (Fsp3) is 0.179. The van der Waals surface area contributed by atoms with Gasteiger partial charge in [-0.05, 0) is 235 Å². The number of nitrogens with zero attached hydrogens (tertiary/aromatic N) is 3. The van der Waals surface area contributed by atoms with Crippen LogP contribution in [0, 0.1) is 0 Å². The van der Waals surface area contributed by atoms with Gasteiger partial charge in [0, 0.05) is 61.5 Å². The highest BCUT2D eigenvalue weighted by atomic mass is 15.2. The first kappa shape index (κ1) is 77.9. The Balaban J connectivity index is 0.977. The highest BCUT2D eigenvalue weighted by Crippen LogP contribution is 2.56. The maximum absolute atomic E-state index is 2.80. The Morgan fingerprint density at radius 3 is 0.917 bits per heavy atom. The number of unbranched alkanes of at least 4 members (excludes halogenated alkanes) is 2. The summed E-state index contributed by atoms with van der Waals surface area (Å²) in [6.45, 7) is 30.4. The monoisotopic (exact) mass is 1560 g/mol. The Bertz CT molecular complexity index is 6450. The van der Waals surface area contributed by atoms with Crippen LogP contribution >= 0.6 is 0 Å². The summed E-state index contributed by atoms with van der Waals surface area (Å²) in [5, 5.41) is 2.52. The topological polar surface area (TPSA) is 11.4 Å². The van der Waals surface area contributed by atoms with Crippen LogP contribution in [0.4, 0.5) is 34.1 Å². The Kier molecular flexibility index (Phi) is 19.9. The molecule has 0 aliphatic carbocycles. The summed E-state index contributed by atoms with van der Waals surface area (Å²) in [5.41, 5.74) is 41.1. The molecule has 2 aliphatic rings. The SMILES string of the molecule is CCCCCc1cc2c3c(c1)N(c1c(-c4ccc(-c5ccccc5)cc4)cc(C(C)(C)C)cc1-c1ccc(-c4ccccc4)cc1)c1cc(-n4c5ccc(C(C)(C)C)cc5c5cc(C(C)(C)C)ccc54)ccc1B3c1cc(-c3ccccc3)ccc1N2c1c(-c2ccc(-c3ccccc3)cc2)cc(C(C)(C)C)cc1-c1ccc(-c2ccccc2)cc1. The summed E-state index contributed by atoms with van der Waals surface area (Å²) in [6, 6.07) is 138. The molecule has 3 nitrogen and oxygen atoms in total. The summed E-state index contributed by atoms with van der Waals surface area (Å²) >= 11 is 0. The second-order valence-corrected chi connectivity index (χ2v) is 37.9. The van der Waals surface area contributed by atoms with E-state index < -0.39 is 0 Å². The van der Waals surface area contributed by atoms with E-state index in [0.29, 0.717) is 0 Å². The number of aromatic nitrogens is 1. The van der Waals surface area contributed by atoms with Crippen molar-refractivity contribution in [2.45, 2.75) is 137 Å². The van der Waals surface area contributed by atoms with E-state index in [1.807, 2.05) is 0 Å². The third-order valence-electron chi connectivity index (χ3n) is 25.7. The number of fused-ring (bicyclic) bond motifs is 7. The highest BCUT2D eigenvalue weighted by Gasteiger charge is 2.46. The van der Waals surface area contributed by atoms with Crippen LogP contribution in [-0.2, 0) is 28.1 Å². The van der Waals surface area contributed by atoms with Crippen molar-refractivity contribution >= 4 is 79.0 Å². The summed E-state index contributed by atoms with van der Waals surface area (Å²) in [4.78, 5) is 5.56. The predicted molar refractivity (Wildman–Crippen MR) is 522 cm³/mol. The normalized spacial score (nSPS) is 12.8. The van der Waals surface area contributed by atoms with Crippen molar-refractivity contribution in [2.75, 3.05) is 9.80 Å². The first-order valence-corrected chi connectivity index (χ1v) is 43.7. The number of benzene rings is 16. The molecule has 0 saturated heterocycles. The van der Waals surface area contributed by atoms with E-state index in [-0.39, 0.29) is 28.4 Å². The molecule has 19 rings (SSSR count). The van der Waals surface area contributed by atoms with Gasteiger partial charge in [0.25, 0.3) is 6.71 Å². The largest absolute Gasteiger partial charge is 0.310 e. The van der Waals surface area contributed by atoms with Gasteiger partial charge in [-0.2, -0.15) is 0 Å². The quantitative estimate of drug-likeness (QED) is 0.0706. The van der Waals surface area contributed by atoms with Crippen LogP contribution in [0.3, 0.4) is 0 Å².